The van der Waals surface area contributed by atoms with Crippen LogP contribution in [0.4, 0.5) is 5.69 Å². The monoisotopic (exact) mass is 291 g/mol. The van der Waals surface area contributed by atoms with Crippen molar-refractivity contribution in [2.45, 2.75) is 17.1 Å². The van der Waals surface area contributed by atoms with Gasteiger partial charge in [-0.3, -0.25) is 0 Å². The summed E-state index contributed by atoms with van der Waals surface area (Å²) in [4.78, 5) is 1.16. The van der Waals surface area contributed by atoms with E-state index in [9.17, 15) is 0 Å². The summed E-state index contributed by atoms with van der Waals surface area (Å²) < 4.78 is 5.70. The number of anilines is 1. The van der Waals surface area contributed by atoms with Crippen molar-refractivity contribution in [3.63, 3.8) is 0 Å². The molecule has 3 rings (SSSR count). The number of hydrogen-bond acceptors (Lipinski definition) is 3. The summed E-state index contributed by atoms with van der Waals surface area (Å²) in [5.41, 5.74) is 8.95. The Bertz CT molecular complexity index is 615. The molecule has 0 fully saturated rings. The molecule has 0 atom stereocenters. The largest absolute Gasteiger partial charge is 0.493 e. The van der Waals surface area contributed by atoms with Gasteiger partial charge in [0.15, 0.2) is 0 Å². The molecule has 0 bridgehead atoms. The predicted molar refractivity (Wildman–Crippen MR) is 81.1 cm³/mol. The van der Waals surface area contributed by atoms with Gasteiger partial charge in [-0.15, -0.1) is 11.8 Å². The number of nitrogen functional groups attached to an aromatic ring is 1. The lowest BCUT2D eigenvalue weighted by molar-refractivity contribution is 0.354. The van der Waals surface area contributed by atoms with Gasteiger partial charge in [0, 0.05) is 33.3 Å². The Kier molecular flexibility index (Phi) is 3.58. The van der Waals surface area contributed by atoms with Gasteiger partial charge in [0.1, 0.15) is 5.75 Å². The molecule has 98 valence electrons. The van der Waals surface area contributed by atoms with Crippen LogP contribution in [0.1, 0.15) is 11.1 Å². The van der Waals surface area contributed by atoms with Crippen molar-refractivity contribution in [3.8, 4) is 5.75 Å². The molecule has 0 radical (unpaired) electrons. The van der Waals surface area contributed by atoms with E-state index in [4.69, 9.17) is 22.1 Å². The summed E-state index contributed by atoms with van der Waals surface area (Å²) in [5.74, 6) is 1.85. The second-order valence-corrected chi connectivity index (χ2v) is 6.00. The molecule has 19 heavy (non-hydrogen) atoms. The maximum Gasteiger partial charge on any atom is 0.126 e. The summed E-state index contributed by atoms with van der Waals surface area (Å²) in [6.45, 7) is 0.756. The summed E-state index contributed by atoms with van der Waals surface area (Å²) >= 11 is 7.89. The van der Waals surface area contributed by atoms with E-state index in [0.29, 0.717) is 0 Å². The quantitative estimate of drug-likeness (QED) is 0.681. The number of fused-ring (bicyclic) bond motifs is 1. The van der Waals surface area contributed by atoms with Crippen LogP contribution in [0.5, 0.6) is 5.75 Å². The molecule has 2 N–H and O–H groups in total. The van der Waals surface area contributed by atoms with E-state index in [1.807, 2.05) is 30.3 Å². The van der Waals surface area contributed by atoms with Crippen molar-refractivity contribution in [2.24, 2.45) is 0 Å². The maximum atomic E-state index is 6.15. The Morgan fingerprint density at radius 1 is 1.26 bits per heavy atom. The van der Waals surface area contributed by atoms with Crippen LogP contribution in [-0.2, 0) is 12.2 Å². The first-order chi connectivity index (χ1) is 9.22. The van der Waals surface area contributed by atoms with Crippen LogP contribution < -0.4 is 10.5 Å². The third-order valence-corrected chi connectivity index (χ3v) is 4.34. The van der Waals surface area contributed by atoms with Gasteiger partial charge in [0.2, 0.25) is 0 Å². The van der Waals surface area contributed by atoms with Gasteiger partial charge in [-0.05, 0) is 35.9 Å². The van der Waals surface area contributed by atoms with Crippen molar-refractivity contribution in [2.75, 3.05) is 12.3 Å². The van der Waals surface area contributed by atoms with E-state index in [-0.39, 0.29) is 0 Å². The fourth-order valence-corrected chi connectivity index (χ4v) is 3.41. The maximum absolute atomic E-state index is 6.15. The standard InChI is InChI=1S/C15H14ClNOS/c16-12-6-10-4-5-18-15(10)11(7-12)9-19-14-3-1-2-13(17)8-14/h1-3,6-8H,4-5,9,17H2. The summed E-state index contributed by atoms with van der Waals surface area (Å²) in [6, 6.07) is 11.9. The number of thioether (sulfide) groups is 1. The highest BCUT2D eigenvalue weighted by molar-refractivity contribution is 7.98. The molecule has 0 saturated heterocycles. The summed E-state index contributed by atoms with van der Waals surface area (Å²) in [5, 5.41) is 0.785. The molecule has 0 aliphatic carbocycles. The molecule has 2 nitrogen and oxygen atoms in total. The van der Waals surface area contributed by atoms with Crippen molar-refractivity contribution in [1.29, 1.82) is 0 Å². The highest BCUT2D eigenvalue weighted by Crippen LogP contribution is 2.36. The number of nitrogens with two attached hydrogens (primary N) is 1. The second-order valence-electron chi connectivity index (χ2n) is 4.51. The molecule has 0 saturated carbocycles. The number of halogens is 1. The van der Waals surface area contributed by atoms with Gasteiger partial charge in [-0.25, -0.2) is 0 Å². The lowest BCUT2D eigenvalue weighted by Gasteiger charge is -2.09. The minimum absolute atomic E-state index is 0.756. The zero-order valence-corrected chi connectivity index (χ0v) is 11.9. The zero-order valence-electron chi connectivity index (χ0n) is 10.4. The number of rotatable bonds is 3. The lowest BCUT2D eigenvalue weighted by Crippen LogP contribution is -1.91. The van der Waals surface area contributed by atoms with E-state index in [1.165, 1.54) is 5.56 Å². The molecule has 4 heteroatoms. The average Bonchev–Trinajstić information content (AvgIpc) is 2.84. The summed E-state index contributed by atoms with van der Waals surface area (Å²) in [6.07, 6.45) is 0.950. The molecule has 1 heterocycles. The zero-order chi connectivity index (χ0) is 13.2. The molecule has 0 amide bonds. The fourth-order valence-electron chi connectivity index (χ4n) is 2.22. The van der Waals surface area contributed by atoms with Gasteiger partial charge in [0.25, 0.3) is 0 Å². The molecule has 0 unspecified atom stereocenters. The average molecular weight is 292 g/mol. The topological polar surface area (TPSA) is 35.2 Å². The minimum Gasteiger partial charge on any atom is -0.493 e. The van der Waals surface area contributed by atoms with Crippen molar-refractivity contribution < 1.29 is 4.74 Å². The van der Waals surface area contributed by atoms with E-state index < -0.39 is 0 Å². The molecule has 0 aromatic heterocycles. The number of benzene rings is 2. The molecule has 2 aromatic rings. The fraction of sp³-hybridized carbons (Fsp3) is 0.200. The van der Waals surface area contributed by atoms with Crippen molar-refractivity contribution >= 4 is 29.1 Å². The highest BCUT2D eigenvalue weighted by atomic mass is 35.5. The molecule has 2 aromatic carbocycles. The van der Waals surface area contributed by atoms with Crippen LogP contribution in [0.3, 0.4) is 0 Å². The normalized spacial score (nSPS) is 13.1. The first kappa shape index (κ1) is 12.7. The third kappa shape index (κ3) is 2.82. The first-order valence-electron chi connectivity index (χ1n) is 6.15. The van der Waals surface area contributed by atoms with E-state index in [2.05, 4.69) is 6.07 Å². The van der Waals surface area contributed by atoms with Crippen LogP contribution in [0.25, 0.3) is 0 Å². The molecule has 1 aliphatic rings. The Morgan fingerprint density at radius 3 is 3.00 bits per heavy atom. The highest BCUT2D eigenvalue weighted by Gasteiger charge is 2.17. The first-order valence-corrected chi connectivity index (χ1v) is 7.51. The Morgan fingerprint density at radius 2 is 2.16 bits per heavy atom. The van der Waals surface area contributed by atoms with Crippen LogP contribution >= 0.6 is 23.4 Å². The summed E-state index contributed by atoms with van der Waals surface area (Å²) in [7, 11) is 0. The van der Waals surface area contributed by atoms with Crippen molar-refractivity contribution in [1.82, 2.24) is 0 Å². The van der Waals surface area contributed by atoms with Gasteiger partial charge < -0.3 is 10.5 Å². The SMILES string of the molecule is Nc1cccc(SCc2cc(Cl)cc3c2OCC3)c1. The second kappa shape index (κ2) is 5.35. The molecular formula is C15H14ClNOS. The predicted octanol–water partition coefficient (Wildman–Crippen LogP) is 4.15. The lowest BCUT2D eigenvalue weighted by atomic mass is 10.1. The van der Waals surface area contributed by atoms with Crippen LogP contribution in [0, 0.1) is 0 Å². The Labute approximate surface area is 121 Å². The number of ether oxygens (including phenoxy) is 1. The van der Waals surface area contributed by atoms with E-state index in [0.717, 1.165) is 45.7 Å². The smallest absolute Gasteiger partial charge is 0.126 e. The van der Waals surface area contributed by atoms with Crippen LogP contribution in [-0.4, -0.2) is 6.61 Å². The van der Waals surface area contributed by atoms with Gasteiger partial charge in [0.05, 0.1) is 6.61 Å². The Balaban J connectivity index is 1.81. The van der Waals surface area contributed by atoms with Gasteiger partial charge in [-0.1, -0.05) is 17.7 Å². The molecule has 0 spiro atoms. The third-order valence-electron chi connectivity index (χ3n) is 3.08. The number of hydrogen-bond donors (Lipinski definition) is 1. The van der Waals surface area contributed by atoms with Crippen LogP contribution in [0.15, 0.2) is 41.3 Å². The minimum atomic E-state index is 0.756. The van der Waals surface area contributed by atoms with E-state index in [1.54, 1.807) is 11.8 Å². The van der Waals surface area contributed by atoms with Crippen LogP contribution in [0.2, 0.25) is 5.02 Å². The van der Waals surface area contributed by atoms with Gasteiger partial charge in [-0.2, -0.15) is 0 Å². The Hall–Kier alpha value is -1.32. The molecular weight excluding hydrogens is 278 g/mol. The van der Waals surface area contributed by atoms with Gasteiger partial charge >= 0.3 is 0 Å². The molecule has 1 aliphatic heterocycles. The van der Waals surface area contributed by atoms with E-state index >= 15 is 0 Å². The van der Waals surface area contributed by atoms with Crippen molar-refractivity contribution in [3.05, 3.63) is 52.5 Å².